The molecule has 3 heteroatoms. The van der Waals surface area contributed by atoms with E-state index in [9.17, 15) is 0 Å². The summed E-state index contributed by atoms with van der Waals surface area (Å²) in [7, 11) is 0. The minimum absolute atomic E-state index is 1.18. The summed E-state index contributed by atoms with van der Waals surface area (Å²) in [6.45, 7) is 0. The van der Waals surface area contributed by atoms with Crippen molar-refractivity contribution in [2.24, 2.45) is 0 Å². The largest absolute Gasteiger partial charge is 0.296 e. The second-order valence-electron chi connectivity index (χ2n) is 3.10. The lowest BCUT2D eigenvalue weighted by molar-refractivity contribution is 1.18. The summed E-state index contributed by atoms with van der Waals surface area (Å²) in [5, 5.41) is 0. The SMILES string of the molecule is c1ccc(-c2cn3cncc3s2)cc1. The van der Waals surface area contributed by atoms with Crippen molar-refractivity contribution in [2.45, 2.75) is 0 Å². The van der Waals surface area contributed by atoms with Crippen LogP contribution in [0.25, 0.3) is 15.3 Å². The Morgan fingerprint density at radius 3 is 2.79 bits per heavy atom. The van der Waals surface area contributed by atoms with Crippen molar-refractivity contribution < 1.29 is 0 Å². The molecule has 0 spiro atoms. The number of benzene rings is 1. The molecule has 3 aromatic rings. The maximum Gasteiger partial charge on any atom is 0.120 e. The Labute approximate surface area is 85.5 Å². The first-order chi connectivity index (χ1) is 6.93. The van der Waals surface area contributed by atoms with E-state index in [0.717, 1.165) is 0 Å². The Hall–Kier alpha value is -1.61. The highest BCUT2D eigenvalue weighted by atomic mass is 32.1. The molecule has 0 fully saturated rings. The molecule has 3 rings (SSSR count). The van der Waals surface area contributed by atoms with E-state index >= 15 is 0 Å². The standard InChI is InChI=1S/C11H8N2S/c1-2-4-9(5-3-1)10-7-13-8-12-6-11(13)14-10/h1-8H. The maximum atomic E-state index is 4.07. The van der Waals surface area contributed by atoms with Crippen LogP contribution in [-0.4, -0.2) is 9.38 Å². The topological polar surface area (TPSA) is 17.3 Å². The molecule has 0 aliphatic rings. The summed E-state index contributed by atoms with van der Waals surface area (Å²) >= 11 is 1.76. The second kappa shape index (κ2) is 2.96. The molecule has 0 aliphatic carbocycles. The van der Waals surface area contributed by atoms with Crippen molar-refractivity contribution >= 4 is 16.2 Å². The molecule has 0 saturated heterocycles. The van der Waals surface area contributed by atoms with Gasteiger partial charge in [0.2, 0.25) is 0 Å². The summed E-state index contributed by atoms with van der Waals surface area (Å²) in [4.78, 5) is 6.53. The molecule has 2 heterocycles. The molecule has 0 bridgehead atoms. The van der Waals surface area contributed by atoms with Gasteiger partial charge in [-0.3, -0.25) is 4.40 Å². The smallest absolute Gasteiger partial charge is 0.120 e. The van der Waals surface area contributed by atoms with Crippen molar-refractivity contribution in [1.82, 2.24) is 9.38 Å². The van der Waals surface area contributed by atoms with Gasteiger partial charge in [0.05, 0.1) is 17.4 Å². The van der Waals surface area contributed by atoms with Crippen LogP contribution in [0.5, 0.6) is 0 Å². The predicted molar refractivity (Wildman–Crippen MR) is 58.5 cm³/mol. The molecule has 0 unspecified atom stereocenters. The van der Waals surface area contributed by atoms with Crippen molar-refractivity contribution in [3.05, 3.63) is 49.1 Å². The van der Waals surface area contributed by atoms with Gasteiger partial charge >= 0.3 is 0 Å². The Balaban J connectivity index is 2.19. The van der Waals surface area contributed by atoms with Gasteiger partial charge in [-0.05, 0) is 5.56 Å². The molecule has 68 valence electrons. The first kappa shape index (κ1) is 7.76. The number of thiazole rings is 1. The van der Waals surface area contributed by atoms with Gasteiger partial charge in [-0.1, -0.05) is 30.3 Å². The molecule has 1 aromatic carbocycles. The van der Waals surface area contributed by atoms with Crippen LogP contribution >= 0.6 is 11.3 Å². The lowest BCUT2D eigenvalue weighted by atomic mass is 10.2. The van der Waals surface area contributed by atoms with Gasteiger partial charge < -0.3 is 0 Å². The van der Waals surface area contributed by atoms with Crippen molar-refractivity contribution in [1.29, 1.82) is 0 Å². The van der Waals surface area contributed by atoms with E-state index in [-0.39, 0.29) is 0 Å². The Morgan fingerprint density at radius 2 is 2.00 bits per heavy atom. The van der Waals surface area contributed by atoms with Gasteiger partial charge in [0.25, 0.3) is 0 Å². The van der Waals surface area contributed by atoms with Crippen molar-refractivity contribution in [2.75, 3.05) is 0 Å². The highest BCUT2D eigenvalue weighted by Crippen LogP contribution is 2.27. The first-order valence-electron chi connectivity index (χ1n) is 4.40. The van der Waals surface area contributed by atoms with Gasteiger partial charge in [-0.25, -0.2) is 4.98 Å². The maximum absolute atomic E-state index is 4.07. The molecule has 0 radical (unpaired) electrons. The molecular formula is C11H8N2S. The highest BCUT2D eigenvalue weighted by molar-refractivity contribution is 7.20. The molecular weight excluding hydrogens is 192 g/mol. The molecule has 0 saturated carbocycles. The number of imidazole rings is 1. The third kappa shape index (κ3) is 1.14. The van der Waals surface area contributed by atoms with E-state index in [1.54, 1.807) is 11.3 Å². The summed E-state index contributed by atoms with van der Waals surface area (Å²) in [5.41, 5.74) is 1.27. The van der Waals surface area contributed by atoms with Gasteiger partial charge in [0.15, 0.2) is 0 Å². The summed E-state index contributed by atoms with van der Waals surface area (Å²) in [6.07, 6.45) is 5.83. The number of fused-ring (bicyclic) bond motifs is 1. The van der Waals surface area contributed by atoms with Gasteiger partial charge in [-0.2, -0.15) is 0 Å². The monoisotopic (exact) mass is 200 g/mol. The van der Waals surface area contributed by atoms with Crippen LogP contribution in [0.2, 0.25) is 0 Å². The lowest BCUT2D eigenvalue weighted by Gasteiger charge is -1.93. The third-order valence-electron chi connectivity index (χ3n) is 2.16. The summed E-state index contributed by atoms with van der Waals surface area (Å²) < 4.78 is 2.05. The number of aromatic nitrogens is 2. The van der Waals surface area contributed by atoms with Crippen LogP contribution < -0.4 is 0 Å². The van der Waals surface area contributed by atoms with E-state index in [0.29, 0.717) is 0 Å². The predicted octanol–water partition coefficient (Wildman–Crippen LogP) is 3.06. The fraction of sp³-hybridized carbons (Fsp3) is 0. The zero-order chi connectivity index (χ0) is 9.38. The molecule has 2 nitrogen and oxygen atoms in total. The van der Waals surface area contributed by atoms with E-state index in [1.165, 1.54) is 15.3 Å². The van der Waals surface area contributed by atoms with E-state index < -0.39 is 0 Å². The summed E-state index contributed by atoms with van der Waals surface area (Å²) in [6, 6.07) is 10.4. The van der Waals surface area contributed by atoms with Crippen LogP contribution in [0.4, 0.5) is 0 Å². The summed E-state index contributed by atoms with van der Waals surface area (Å²) in [5.74, 6) is 0. The third-order valence-corrected chi connectivity index (χ3v) is 3.25. The second-order valence-corrected chi connectivity index (χ2v) is 4.16. The van der Waals surface area contributed by atoms with E-state index in [4.69, 9.17) is 0 Å². The Morgan fingerprint density at radius 1 is 1.14 bits per heavy atom. The normalized spacial score (nSPS) is 10.9. The average molecular weight is 200 g/mol. The number of nitrogens with zero attached hydrogens (tertiary/aromatic N) is 2. The number of hydrogen-bond acceptors (Lipinski definition) is 2. The van der Waals surface area contributed by atoms with Crippen molar-refractivity contribution in [3.8, 4) is 10.4 Å². The minimum atomic E-state index is 1.18. The lowest BCUT2D eigenvalue weighted by Crippen LogP contribution is -1.72. The van der Waals surface area contributed by atoms with Crippen LogP contribution in [0.1, 0.15) is 0 Å². The van der Waals surface area contributed by atoms with Crippen molar-refractivity contribution in [3.63, 3.8) is 0 Å². The van der Waals surface area contributed by atoms with Gasteiger partial charge in [0.1, 0.15) is 4.83 Å². The molecule has 0 amide bonds. The molecule has 14 heavy (non-hydrogen) atoms. The number of hydrogen-bond donors (Lipinski definition) is 0. The average Bonchev–Trinajstić information content (AvgIpc) is 2.78. The van der Waals surface area contributed by atoms with Gasteiger partial charge in [0, 0.05) is 6.20 Å². The van der Waals surface area contributed by atoms with Gasteiger partial charge in [-0.15, -0.1) is 11.3 Å². The van der Waals surface area contributed by atoms with E-state index in [2.05, 4.69) is 35.4 Å². The van der Waals surface area contributed by atoms with Crippen LogP contribution in [0.3, 0.4) is 0 Å². The fourth-order valence-electron chi connectivity index (χ4n) is 1.47. The van der Waals surface area contributed by atoms with Crippen LogP contribution in [-0.2, 0) is 0 Å². The number of rotatable bonds is 1. The van der Waals surface area contributed by atoms with Crippen LogP contribution in [0.15, 0.2) is 49.1 Å². The Bertz CT molecular complexity index is 522. The fourth-order valence-corrected chi connectivity index (χ4v) is 2.43. The molecule has 0 atom stereocenters. The van der Waals surface area contributed by atoms with Crippen LogP contribution in [0, 0.1) is 0 Å². The van der Waals surface area contributed by atoms with E-state index in [1.807, 2.05) is 23.0 Å². The zero-order valence-corrected chi connectivity index (χ0v) is 8.24. The molecule has 0 aliphatic heterocycles. The Kier molecular flexibility index (Phi) is 1.64. The first-order valence-corrected chi connectivity index (χ1v) is 5.22. The highest BCUT2D eigenvalue weighted by Gasteiger charge is 2.02. The minimum Gasteiger partial charge on any atom is -0.296 e. The molecule has 0 N–H and O–H groups in total. The zero-order valence-electron chi connectivity index (χ0n) is 7.42. The quantitative estimate of drug-likeness (QED) is 0.590. The molecule has 2 aromatic heterocycles.